The Balaban J connectivity index is 2.80. The lowest BCUT2D eigenvalue weighted by molar-refractivity contribution is 0.599. The van der Waals surface area contributed by atoms with Crippen LogP contribution in [0.5, 0.6) is 0 Å². The fraction of sp³-hybridized carbons (Fsp3) is 1.00. The molecule has 4 heavy (non-hydrogen) atoms. The highest BCUT2D eigenvalue weighted by Gasteiger charge is 1.84. The first-order chi connectivity index (χ1) is 1.73. The molecule has 0 aliphatic carbocycles. The maximum absolute atomic E-state index is 9.46. The first-order valence-electron chi connectivity index (χ1n) is 0.830. The van der Waals surface area contributed by atoms with Gasteiger partial charge in [-0.1, -0.05) is 4.57 Å². The zero-order valence-electron chi connectivity index (χ0n) is 2.30. The number of hydrogen-bond donors (Lipinski definition) is 1. The average Bonchev–Trinajstić information content (AvgIpc) is 0.811. The van der Waals surface area contributed by atoms with Gasteiger partial charge < -0.3 is 0 Å². The van der Waals surface area contributed by atoms with Crippen LogP contribution in [0.25, 0.3) is 0 Å². The predicted molar refractivity (Wildman–Crippen MR) is 22.5 cm³/mol. The lowest BCUT2D eigenvalue weighted by atomic mass is 12.0. The van der Waals surface area contributed by atoms with Crippen LogP contribution in [0.3, 0.4) is 0 Å². The summed E-state index contributed by atoms with van der Waals surface area (Å²) in [5, 5.41) is 0. The SMILES string of the molecule is C[P+](=O)S. The third kappa shape index (κ3) is 25.4. The zero-order valence-corrected chi connectivity index (χ0v) is 4.09. The summed E-state index contributed by atoms with van der Waals surface area (Å²) in [6, 6.07) is 0. The molecule has 0 saturated carbocycles. The first kappa shape index (κ1) is 4.45. The van der Waals surface area contributed by atoms with Gasteiger partial charge >= 0.3 is 7.00 Å². The molecule has 0 spiro atoms. The quantitative estimate of drug-likeness (QED) is 0.354. The smallest absolute Gasteiger partial charge is 0.0602 e. The Morgan fingerprint density at radius 2 is 2.00 bits per heavy atom. The molecule has 0 radical (unpaired) electrons. The Bertz CT molecular complexity index is 31.0. The van der Waals surface area contributed by atoms with Crippen LogP contribution >= 0.6 is 19.3 Å². The summed E-state index contributed by atoms with van der Waals surface area (Å²) in [7, 11) is -1.18. The van der Waals surface area contributed by atoms with E-state index >= 15 is 0 Å². The highest BCUT2D eigenvalue weighted by atomic mass is 32.7. The van der Waals surface area contributed by atoms with Crippen LogP contribution in [0.1, 0.15) is 0 Å². The molecule has 24 valence electrons. The van der Waals surface area contributed by atoms with Crippen molar-refractivity contribution in [3.63, 3.8) is 0 Å². The summed E-state index contributed by atoms with van der Waals surface area (Å²) >= 11 is 3.48. The second-order valence-corrected chi connectivity index (χ2v) is 3.08. The van der Waals surface area contributed by atoms with Crippen molar-refractivity contribution >= 4 is 19.3 Å². The van der Waals surface area contributed by atoms with E-state index in [4.69, 9.17) is 0 Å². The van der Waals surface area contributed by atoms with Gasteiger partial charge in [-0.2, -0.15) is 0 Å². The van der Waals surface area contributed by atoms with Crippen LogP contribution in [-0.4, -0.2) is 6.66 Å². The van der Waals surface area contributed by atoms with Crippen molar-refractivity contribution in [1.29, 1.82) is 0 Å². The molecule has 0 rings (SSSR count). The molecule has 0 aromatic heterocycles. The van der Waals surface area contributed by atoms with E-state index in [0.717, 1.165) is 0 Å². The molecule has 0 aromatic carbocycles. The maximum Gasteiger partial charge on any atom is 0.404 e. The molecule has 0 amide bonds. The lowest BCUT2D eigenvalue weighted by Crippen LogP contribution is -1.18. The summed E-state index contributed by atoms with van der Waals surface area (Å²) in [5.74, 6) is 0. The van der Waals surface area contributed by atoms with Crippen LogP contribution in [0.15, 0.2) is 0 Å². The van der Waals surface area contributed by atoms with E-state index in [1.165, 1.54) is 0 Å². The van der Waals surface area contributed by atoms with Gasteiger partial charge in [0.25, 0.3) is 0 Å². The van der Waals surface area contributed by atoms with E-state index in [9.17, 15) is 4.57 Å². The largest absolute Gasteiger partial charge is 0.404 e. The van der Waals surface area contributed by atoms with E-state index in [0.29, 0.717) is 0 Å². The van der Waals surface area contributed by atoms with Crippen molar-refractivity contribution in [2.45, 2.75) is 0 Å². The molecule has 0 fully saturated rings. The Labute approximate surface area is 31.3 Å². The predicted octanol–water partition coefficient (Wildman–Crippen LogP) is 1.29. The molecule has 3 heteroatoms. The van der Waals surface area contributed by atoms with Crippen LogP contribution in [0, 0.1) is 0 Å². The zero-order chi connectivity index (χ0) is 3.58. The van der Waals surface area contributed by atoms with Crippen molar-refractivity contribution in [2.75, 3.05) is 6.66 Å². The van der Waals surface area contributed by atoms with Gasteiger partial charge in [0.1, 0.15) is 18.9 Å². The minimum Gasteiger partial charge on any atom is -0.0602 e. The molecule has 0 aliphatic rings. The average molecular weight is 95.1 g/mol. The third-order valence-electron chi connectivity index (χ3n) is 0. The maximum atomic E-state index is 9.46. The summed E-state index contributed by atoms with van der Waals surface area (Å²) in [6.07, 6.45) is 0. The normalized spacial score (nSPS) is 11.0. The van der Waals surface area contributed by atoms with Crippen molar-refractivity contribution in [3.8, 4) is 0 Å². The molecular weight excluding hydrogens is 91.1 g/mol. The number of hydrogen-bond acceptors (Lipinski definition) is 1. The van der Waals surface area contributed by atoms with Crippen molar-refractivity contribution in [3.05, 3.63) is 0 Å². The topological polar surface area (TPSA) is 17.1 Å². The second kappa shape index (κ2) is 1.74. The molecule has 0 N–H and O–H groups in total. The molecule has 1 nitrogen and oxygen atoms in total. The van der Waals surface area contributed by atoms with Gasteiger partial charge in [0.05, 0.1) is 0 Å². The van der Waals surface area contributed by atoms with E-state index in [2.05, 4.69) is 12.2 Å². The molecular formula is CH4OPS+. The fourth-order valence-corrected chi connectivity index (χ4v) is 0. The summed E-state index contributed by atoms with van der Waals surface area (Å²) in [5.41, 5.74) is 0. The molecule has 0 heterocycles. The molecule has 0 saturated heterocycles. The molecule has 0 bridgehead atoms. The van der Waals surface area contributed by atoms with Gasteiger partial charge in [0.2, 0.25) is 0 Å². The standard InChI is InChI=1S/CH3OPS/c1-3(2)4/h1H3/p+1. The summed E-state index contributed by atoms with van der Waals surface area (Å²) < 4.78 is 9.46. The van der Waals surface area contributed by atoms with Crippen LogP contribution in [0.4, 0.5) is 0 Å². The summed E-state index contributed by atoms with van der Waals surface area (Å²) in [4.78, 5) is 0. The Kier molecular flexibility index (Phi) is 1.94. The van der Waals surface area contributed by atoms with Gasteiger partial charge in [-0.15, -0.1) is 0 Å². The first-order valence-corrected chi connectivity index (χ1v) is 3.69. The van der Waals surface area contributed by atoms with Crippen LogP contribution < -0.4 is 0 Å². The van der Waals surface area contributed by atoms with Gasteiger partial charge in [-0.3, -0.25) is 0 Å². The summed E-state index contributed by atoms with van der Waals surface area (Å²) in [6.45, 7) is 1.54. The van der Waals surface area contributed by atoms with Gasteiger partial charge in [0.15, 0.2) is 0 Å². The molecule has 1 unspecified atom stereocenters. The minimum absolute atomic E-state index is 1.18. The van der Waals surface area contributed by atoms with E-state index in [1.54, 1.807) is 6.66 Å². The monoisotopic (exact) mass is 95.0 g/mol. The van der Waals surface area contributed by atoms with E-state index in [1.807, 2.05) is 0 Å². The Hall–Kier alpha value is 0.450. The number of rotatable bonds is 0. The van der Waals surface area contributed by atoms with E-state index < -0.39 is 7.00 Å². The lowest BCUT2D eigenvalue weighted by Gasteiger charge is -1.34. The fourth-order valence-electron chi connectivity index (χ4n) is 0. The second-order valence-electron chi connectivity index (χ2n) is 0.464. The van der Waals surface area contributed by atoms with Crippen molar-refractivity contribution in [1.82, 2.24) is 0 Å². The van der Waals surface area contributed by atoms with Gasteiger partial charge in [-0.05, 0) is 0 Å². The third-order valence-corrected chi connectivity index (χ3v) is 0. The van der Waals surface area contributed by atoms with Crippen molar-refractivity contribution in [2.24, 2.45) is 0 Å². The Morgan fingerprint density at radius 3 is 2.00 bits per heavy atom. The molecule has 0 aromatic rings. The van der Waals surface area contributed by atoms with Crippen molar-refractivity contribution < 1.29 is 4.57 Å². The van der Waals surface area contributed by atoms with Gasteiger partial charge in [0, 0.05) is 0 Å². The van der Waals surface area contributed by atoms with E-state index in [-0.39, 0.29) is 0 Å². The Morgan fingerprint density at radius 1 is 2.00 bits per heavy atom. The molecule has 0 aliphatic heterocycles. The van der Waals surface area contributed by atoms with Crippen LogP contribution in [-0.2, 0) is 4.57 Å². The van der Waals surface area contributed by atoms with Gasteiger partial charge in [-0.25, -0.2) is 0 Å². The number of thiol groups is 1. The highest BCUT2D eigenvalue weighted by Crippen LogP contribution is 2.16. The highest BCUT2D eigenvalue weighted by molar-refractivity contribution is 8.40. The molecule has 1 atom stereocenters. The van der Waals surface area contributed by atoms with Crippen LogP contribution in [0.2, 0.25) is 0 Å². The minimum atomic E-state index is -1.18.